The van der Waals surface area contributed by atoms with Crippen molar-refractivity contribution in [3.8, 4) is 0 Å². The third-order valence-corrected chi connectivity index (χ3v) is 8.51. The lowest BCUT2D eigenvalue weighted by atomic mass is 10.0. The molecule has 2 aromatic heterocycles. The maximum atomic E-state index is 13.4. The lowest BCUT2D eigenvalue weighted by Gasteiger charge is -2.30. The zero-order valence-corrected chi connectivity index (χ0v) is 17.3. The number of rotatable bonds is 3. The van der Waals surface area contributed by atoms with E-state index in [9.17, 15) is 13.2 Å². The Hall–Kier alpha value is -2.49. The number of carbonyl (C=O) groups is 1. The molecule has 0 atom stereocenters. The molecule has 0 fully saturated rings. The van der Waals surface area contributed by atoms with E-state index in [0.29, 0.717) is 39.1 Å². The molecular weight excluding hydrogens is 408 g/mol. The van der Waals surface area contributed by atoms with Crippen LogP contribution in [0.5, 0.6) is 0 Å². The molecule has 3 aromatic rings. The van der Waals surface area contributed by atoms with Crippen molar-refractivity contribution in [2.45, 2.75) is 31.0 Å². The fraction of sp³-hybridized carbons (Fsp3) is 0.300. The molecule has 5 rings (SSSR count). The van der Waals surface area contributed by atoms with Crippen molar-refractivity contribution in [2.75, 3.05) is 13.1 Å². The average molecular weight is 429 g/mol. The first-order valence-electron chi connectivity index (χ1n) is 9.47. The molecule has 0 saturated heterocycles. The van der Waals surface area contributed by atoms with Gasteiger partial charge in [-0.15, -0.1) is 11.3 Å². The summed E-state index contributed by atoms with van der Waals surface area (Å²) < 4.78 is 30.2. The Morgan fingerprint density at radius 2 is 1.86 bits per heavy atom. The van der Waals surface area contributed by atoms with E-state index in [2.05, 4.69) is 4.98 Å². The number of sulfonamides is 1. The van der Waals surface area contributed by atoms with Gasteiger partial charge < -0.3 is 9.47 Å². The van der Waals surface area contributed by atoms with Gasteiger partial charge >= 0.3 is 0 Å². The molecule has 0 aliphatic carbocycles. The minimum Gasteiger partial charge on any atom is -0.331 e. The van der Waals surface area contributed by atoms with Crippen LogP contribution in [-0.2, 0) is 36.1 Å². The largest absolute Gasteiger partial charge is 0.331 e. The molecule has 1 aromatic carbocycles. The van der Waals surface area contributed by atoms with Crippen LogP contribution in [0.2, 0.25) is 0 Å². The van der Waals surface area contributed by atoms with Crippen molar-refractivity contribution < 1.29 is 13.2 Å². The molecule has 0 spiro atoms. The van der Waals surface area contributed by atoms with E-state index in [4.69, 9.17) is 0 Å². The predicted octanol–water partition coefficient (Wildman–Crippen LogP) is 2.35. The van der Waals surface area contributed by atoms with E-state index in [1.807, 2.05) is 28.8 Å². The predicted molar refractivity (Wildman–Crippen MR) is 109 cm³/mol. The molecule has 1 amide bonds. The number of hydrogen-bond donors (Lipinski definition) is 0. The molecule has 29 heavy (non-hydrogen) atoms. The lowest BCUT2D eigenvalue weighted by Crippen LogP contribution is -2.39. The molecule has 0 unspecified atom stereocenters. The highest BCUT2D eigenvalue weighted by Crippen LogP contribution is 2.30. The normalized spacial score (nSPS) is 17.0. The third-order valence-electron chi connectivity index (χ3n) is 5.59. The Balaban J connectivity index is 1.42. The standard InChI is InChI=1S/C20H20N4O3S2/c25-20(22-8-9-23-14-21-11-17(23)13-22)19-18(6-10-28-19)29(26,27)24-7-5-15-3-1-2-4-16(15)12-24/h1-4,6,10-11,14H,5,7-9,12-13H2. The summed E-state index contributed by atoms with van der Waals surface area (Å²) in [7, 11) is -3.75. The molecule has 0 bridgehead atoms. The topological polar surface area (TPSA) is 75.5 Å². The fourth-order valence-electron chi connectivity index (χ4n) is 3.97. The number of thiophene rings is 1. The summed E-state index contributed by atoms with van der Waals surface area (Å²) in [6, 6.07) is 9.47. The number of fused-ring (bicyclic) bond motifs is 2. The van der Waals surface area contributed by atoms with E-state index < -0.39 is 10.0 Å². The van der Waals surface area contributed by atoms with Crippen LogP contribution in [0.25, 0.3) is 0 Å². The molecule has 2 aliphatic rings. The smallest absolute Gasteiger partial charge is 0.265 e. The molecule has 0 radical (unpaired) electrons. The first-order chi connectivity index (χ1) is 14.0. The number of nitrogens with zero attached hydrogens (tertiary/aromatic N) is 4. The van der Waals surface area contributed by atoms with E-state index in [1.165, 1.54) is 21.2 Å². The Morgan fingerprint density at radius 1 is 1.03 bits per heavy atom. The quantitative estimate of drug-likeness (QED) is 0.642. The van der Waals surface area contributed by atoms with Crippen molar-refractivity contribution in [3.05, 3.63) is 69.9 Å². The molecule has 150 valence electrons. The van der Waals surface area contributed by atoms with Gasteiger partial charge in [-0.3, -0.25) is 4.79 Å². The number of carbonyl (C=O) groups excluding carboxylic acids is 1. The van der Waals surface area contributed by atoms with Crippen LogP contribution in [0, 0.1) is 0 Å². The minimum absolute atomic E-state index is 0.117. The Morgan fingerprint density at radius 3 is 2.72 bits per heavy atom. The van der Waals surface area contributed by atoms with Gasteiger partial charge in [0.1, 0.15) is 9.77 Å². The highest BCUT2D eigenvalue weighted by atomic mass is 32.2. The summed E-state index contributed by atoms with van der Waals surface area (Å²) in [5.74, 6) is -0.233. The van der Waals surface area contributed by atoms with Crippen molar-refractivity contribution >= 4 is 27.3 Å². The van der Waals surface area contributed by atoms with Crippen LogP contribution >= 0.6 is 11.3 Å². The van der Waals surface area contributed by atoms with Gasteiger partial charge in [0.15, 0.2) is 0 Å². The summed E-state index contributed by atoms with van der Waals surface area (Å²) >= 11 is 1.19. The summed E-state index contributed by atoms with van der Waals surface area (Å²) in [5, 5.41) is 1.69. The van der Waals surface area contributed by atoms with Crippen LogP contribution in [0.3, 0.4) is 0 Å². The second-order valence-electron chi connectivity index (χ2n) is 7.28. The van der Waals surface area contributed by atoms with Gasteiger partial charge in [-0.1, -0.05) is 24.3 Å². The summed E-state index contributed by atoms with van der Waals surface area (Å²) in [5.41, 5.74) is 3.17. The van der Waals surface area contributed by atoms with Crippen molar-refractivity contribution in [1.82, 2.24) is 18.8 Å². The molecule has 0 saturated carbocycles. The fourth-order valence-corrected chi connectivity index (χ4v) is 6.75. The number of amides is 1. The van der Waals surface area contributed by atoms with Crippen LogP contribution in [0.1, 0.15) is 26.5 Å². The lowest BCUT2D eigenvalue weighted by molar-refractivity contribution is 0.0712. The summed E-state index contributed by atoms with van der Waals surface area (Å²) in [6.45, 7) is 2.40. The van der Waals surface area contributed by atoms with Crippen molar-refractivity contribution in [2.24, 2.45) is 0 Å². The van der Waals surface area contributed by atoms with Gasteiger partial charge in [-0.05, 0) is 29.0 Å². The monoisotopic (exact) mass is 428 g/mol. The Bertz CT molecular complexity index is 1180. The highest BCUT2D eigenvalue weighted by Gasteiger charge is 2.34. The molecule has 0 N–H and O–H groups in total. The van der Waals surface area contributed by atoms with Gasteiger partial charge in [-0.2, -0.15) is 4.31 Å². The maximum Gasteiger partial charge on any atom is 0.265 e. The first kappa shape index (κ1) is 18.5. The minimum atomic E-state index is -3.75. The van der Waals surface area contributed by atoms with Crippen molar-refractivity contribution in [1.29, 1.82) is 0 Å². The number of benzene rings is 1. The molecule has 9 heteroatoms. The van der Waals surface area contributed by atoms with Crippen LogP contribution in [0.4, 0.5) is 0 Å². The number of imidazole rings is 1. The Kier molecular flexibility index (Phi) is 4.53. The zero-order valence-electron chi connectivity index (χ0n) is 15.7. The molecule has 2 aliphatic heterocycles. The van der Waals surface area contributed by atoms with E-state index in [0.717, 1.165) is 11.3 Å². The molecule has 4 heterocycles. The van der Waals surface area contributed by atoms with Gasteiger partial charge in [0.25, 0.3) is 5.91 Å². The summed E-state index contributed by atoms with van der Waals surface area (Å²) in [6.07, 6.45) is 4.18. The SMILES string of the molecule is O=C(c1sccc1S(=O)(=O)N1CCc2ccccc2C1)N1CCn2cncc2C1. The van der Waals surface area contributed by atoms with Gasteiger partial charge in [0.05, 0.1) is 18.6 Å². The summed E-state index contributed by atoms with van der Waals surface area (Å²) in [4.78, 5) is 19.4. The maximum absolute atomic E-state index is 13.4. The van der Waals surface area contributed by atoms with Crippen molar-refractivity contribution in [3.63, 3.8) is 0 Å². The molecular formula is C20H20N4O3S2. The number of aromatic nitrogens is 2. The number of hydrogen-bond acceptors (Lipinski definition) is 5. The van der Waals surface area contributed by atoms with Gasteiger partial charge in [-0.25, -0.2) is 13.4 Å². The van der Waals surface area contributed by atoms with Crippen LogP contribution < -0.4 is 0 Å². The van der Waals surface area contributed by atoms with Crippen LogP contribution in [0.15, 0.2) is 53.1 Å². The zero-order chi connectivity index (χ0) is 20.0. The van der Waals surface area contributed by atoms with E-state index in [1.54, 1.807) is 28.9 Å². The first-order valence-corrected chi connectivity index (χ1v) is 11.8. The van der Waals surface area contributed by atoms with Gasteiger partial charge in [0.2, 0.25) is 10.0 Å². The average Bonchev–Trinajstić information content (AvgIpc) is 3.42. The second-order valence-corrected chi connectivity index (χ2v) is 10.1. The molecule has 7 nitrogen and oxygen atoms in total. The van der Waals surface area contributed by atoms with Crippen LogP contribution in [-0.4, -0.2) is 46.2 Å². The van der Waals surface area contributed by atoms with E-state index in [-0.39, 0.29) is 15.7 Å². The third kappa shape index (κ3) is 3.19. The second kappa shape index (κ2) is 7.08. The highest BCUT2D eigenvalue weighted by molar-refractivity contribution is 7.89. The Labute approximate surface area is 173 Å². The van der Waals surface area contributed by atoms with E-state index >= 15 is 0 Å². The van der Waals surface area contributed by atoms with Gasteiger partial charge in [0, 0.05) is 32.4 Å².